The normalized spacial score (nSPS) is 10.7. The Morgan fingerprint density at radius 1 is 0.944 bits per heavy atom. The zero-order valence-corrected chi connectivity index (χ0v) is 10.1. The van der Waals surface area contributed by atoms with Crippen LogP contribution in [0.2, 0.25) is 0 Å². The lowest BCUT2D eigenvalue weighted by molar-refractivity contribution is -0.572. The SMILES string of the molecule is Cn1c[n+](-c2ccccc2)c2ccccc2c1=O. The van der Waals surface area contributed by atoms with Gasteiger partial charge in [0.05, 0.1) is 7.05 Å². The van der Waals surface area contributed by atoms with Gasteiger partial charge < -0.3 is 0 Å². The molecule has 3 aromatic rings. The van der Waals surface area contributed by atoms with Crippen LogP contribution in [0.3, 0.4) is 0 Å². The fourth-order valence-corrected chi connectivity index (χ4v) is 2.14. The van der Waals surface area contributed by atoms with E-state index in [9.17, 15) is 4.79 Å². The molecule has 0 saturated carbocycles. The van der Waals surface area contributed by atoms with Crippen LogP contribution in [0.5, 0.6) is 0 Å². The predicted molar refractivity (Wildman–Crippen MR) is 70.7 cm³/mol. The van der Waals surface area contributed by atoms with Gasteiger partial charge in [-0.1, -0.05) is 30.3 Å². The maximum atomic E-state index is 12.1. The molecule has 0 aliphatic rings. The lowest BCUT2D eigenvalue weighted by atomic mass is 10.2. The van der Waals surface area contributed by atoms with Crippen LogP contribution in [-0.4, -0.2) is 4.57 Å². The van der Waals surface area contributed by atoms with Crippen molar-refractivity contribution in [3.63, 3.8) is 0 Å². The molecule has 0 atom stereocenters. The predicted octanol–water partition coefficient (Wildman–Crippen LogP) is 1.82. The third-order valence-corrected chi connectivity index (χ3v) is 3.04. The van der Waals surface area contributed by atoms with Gasteiger partial charge >= 0.3 is 5.56 Å². The highest BCUT2D eigenvalue weighted by Gasteiger charge is 2.13. The molecule has 0 bridgehead atoms. The average Bonchev–Trinajstić information content (AvgIpc) is 2.44. The Kier molecular flexibility index (Phi) is 2.45. The van der Waals surface area contributed by atoms with Gasteiger partial charge in [-0.2, -0.15) is 4.57 Å². The summed E-state index contributed by atoms with van der Waals surface area (Å²) in [6.45, 7) is 0. The van der Waals surface area contributed by atoms with Crippen LogP contribution in [0.25, 0.3) is 16.6 Å². The Balaban J connectivity index is 2.44. The summed E-state index contributed by atoms with van der Waals surface area (Å²) in [7, 11) is 1.77. The van der Waals surface area contributed by atoms with Crippen molar-refractivity contribution in [1.82, 2.24) is 4.57 Å². The molecule has 0 radical (unpaired) electrons. The lowest BCUT2D eigenvalue weighted by Gasteiger charge is -2.04. The van der Waals surface area contributed by atoms with Crippen molar-refractivity contribution in [3.8, 4) is 5.69 Å². The van der Waals surface area contributed by atoms with Crippen molar-refractivity contribution in [2.45, 2.75) is 0 Å². The summed E-state index contributed by atoms with van der Waals surface area (Å²) in [4.78, 5) is 12.1. The van der Waals surface area contributed by atoms with E-state index in [0.717, 1.165) is 16.6 Å². The van der Waals surface area contributed by atoms with Crippen molar-refractivity contribution in [3.05, 3.63) is 71.3 Å². The van der Waals surface area contributed by atoms with E-state index in [1.54, 1.807) is 11.6 Å². The first kappa shape index (κ1) is 10.7. The number of nitrogens with zero attached hydrogens (tertiary/aromatic N) is 2. The molecule has 1 heterocycles. The molecule has 0 fully saturated rings. The second kappa shape index (κ2) is 4.11. The summed E-state index contributed by atoms with van der Waals surface area (Å²) >= 11 is 0. The summed E-state index contributed by atoms with van der Waals surface area (Å²) in [5.74, 6) is 0. The molecule has 0 N–H and O–H groups in total. The minimum Gasteiger partial charge on any atom is -0.241 e. The van der Waals surface area contributed by atoms with Gasteiger partial charge in [0.2, 0.25) is 0 Å². The molecule has 0 aliphatic heterocycles. The molecule has 2 aromatic carbocycles. The van der Waals surface area contributed by atoms with Crippen LogP contribution in [0.1, 0.15) is 0 Å². The van der Waals surface area contributed by atoms with Crippen LogP contribution in [0, 0.1) is 0 Å². The second-order valence-corrected chi connectivity index (χ2v) is 4.25. The topological polar surface area (TPSA) is 25.9 Å². The number of fused-ring (bicyclic) bond motifs is 1. The lowest BCUT2D eigenvalue weighted by Crippen LogP contribution is -2.38. The molecule has 88 valence electrons. The van der Waals surface area contributed by atoms with E-state index < -0.39 is 0 Å². The highest BCUT2D eigenvalue weighted by Crippen LogP contribution is 2.07. The van der Waals surface area contributed by atoms with Crippen molar-refractivity contribution < 1.29 is 4.57 Å². The third-order valence-electron chi connectivity index (χ3n) is 3.04. The van der Waals surface area contributed by atoms with E-state index in [4.69, 9.17) is 0 Å². The van der Waals surface area contributed by atoms with Gasteiger partial charge in [-0.05, 0) is 24.3 Å². The number of hydrogen-bond acceptors (Lipinski definition) is 1. The third kappa shape index (κ3) is 1.61. The summed E-state index contributed by atoms with van der Waals surface area (Å²) in [5.41, 5.74) is 1.99. The van der Waals surface area contributed by atoms with Crippen molar-refractivity contribution in [1.29, 1.82) is 0 Å². The van der Waals surface area contributed by atoms with Gasteiger partial charge in [0.15, 0.2) is 0 Å². The van der Waals surface area contributed by atoms with Crippen molar-refractivity contribution in [2.75, 3.05) is 0 Å². The summed E-state index contributed by atoms with van der Waals surface area (Å²) in [6.07, 6.45) is 1.82. The Labute approximate surface area is 105 Å². The van der Waals surface area contributed by atoms with E-state index in [1.807, 2.05) is 65.5 Å². The second-order valence-electron chi connectivity index (χ2n) is 4.25. The molecule has 0 unspecified atom stereocenters. The Bertz CT molecular complexity index is 760. The van der Waals surface area contributed by atoms with Gasteiger partial charge in [0.25, 0.3) is 6.33 Å². The van der Waals surface area contributed by atoms with Gasteiger partial charge in [-0.25, -0.2) is 9.36 Å². The van der Waals surface area contributed by atoms with E-state index >= 15 is 0 Å². The van der Waals surface area contributed by atoms with E-state index in [2.05, 4.69) is 0 Å². The maximum absolute atomic E-state index is 12.1. The zero-order chi connectivity index (χ0) is 12.5. The minimum atomic E-state index is 0.0257. The summed E-state index contributed by atoms with van der Waals surface area (Å²) < 4.78 is 3.63. The van der Waals surface area contributed by atoms with Crippen LogP contribution in [0.15, 0.2) is 65.7 Å². The van der Waals surface area contributed by atoms with E-state index in [0.29, 0.717) is 0 Å². The molecular formula is C15H13N2O+. The number of rotatable bonds is 1. The molecule has 3 heteroatoms. The quantitative estimate of drug-likeness (QED) is 0.593. The number of benzene rings is 2. The van der Waals surface area contributed by atoms with Gasteiger partial charge in [0.1, 0.15) is 16.6 Å². The molecule has 3 rings (SSSR count). The van der Waals surface area contributed by atoms with Gasteiger partial charge in [-0.15, -0.1) is 0 Å². The first-order chi connectivity index (χ1) is 8.77. The van der Waals surface area contributed by atoms with Crippen molar-refractivity contribution in [2.24, 2.45) is 7.05 Å². The first-order valence-corrected chi connectivity index (χ1v) is 5.83. The van der Waals surface area contributed by atoms with Crippen LogP contribution >= 0.6 is 0 Å². The Hall–Kier alpha value is -2.42. The van der Waals surface area contributed by atoms with E-state index in [1.165, 1.54) is 0 Å². The molecule has 0 aliphatic carbocycles. The van der Waals surface area contributed by atoms with Gasteiger partial charge in [-0.3, -0.25) is 0 Å². The largest absolute Gasteiger partial charge is 0.344 e. The molecule has 18 heavy (non-hydrogen) atoms. The van der Waals surface area contributed by atoms with Crippen LogP contribution < -0.4 is 10.1 Å². The monoisotopic (exact) mass is 237 g/mol. The zero-order valence-electron chi connectivity index (χ0n) is 10.1. The fraction of sp³-hybridized carbons (Fsp3) is 0.0667. The Morgan fingerprint density at radius 3 is 2.39 bits per heavy atom. The molecule has 0 spiro atoms. The fourth-order valence-electron chi connectivity index (χ4n) is 2.14. The summed E-state index contributed by atoms with van der Waals surface area (Å²) in [6, 6.07) is 17.7. The number of para-hydroxylation sites is 2. The first-order valence-electron chi connectivity index (χ1n) is 5.83. The van der Waals surface area contributed by atoms with Crippen LogP contribution in [0.4, 0.5) is 0 Å². The number of hydrogen-bond donors (Lipinski definition) is 0. The molecule has 0 saturated heterocycles. The number of aromatic nitrogens is 2. The highest BCUT2D eigenvalue weighted by atomic mass is 16.1. The summed E-state index contributed by atoms with van der Waals surface area (Å²) in [5, 5.41) is 0.728. The molecule has 1 aromatic heterocycles. The average molecular weight is 237 g/mol. The van der Waals surface area contributed by atoms with Crippen molar-refractivity contribution >= 4 is 10.9 Å². The standard InChI is InChI=1S/C15H13N2O/c1-16-11-17(12-7-3-2-4-8-12)14-10-6-5-9-13(14)15(16)18/h2-11H,1H3/q+1. The Morgan fingerprint density at radius 2 is 1.61 bits per heavy atom. The molecule has 3 nitrogen and oxygen atoms in total. The number of aryl methyl sites for hydroxylation is 1. The maximum Gasteiger partial charge on any atom is 0.344 e. The van der Waals surface area contributed by atoms with Crippen LogP contribution in [-0.2, 0) is 7.05 Å². The molecular weight excluding hydrogens is 224 g/mol. The smallest absolute Gasteiger partial charge is 0.241 e. The van der Waals surface area contributed by atoms with E-state index in [-0.39, 0.29) is 5.56 Å². The minimum absolute atomic E-state index is 0.0257. The van der Waals surface area contributed by atoms with Gasteiger partial charge in [0, 0.05) is 0 Å². The molecule has 0 amide bonds. The highest BCUT2D eigenvalue weighted by molar-refractivity contribution is 5.74.